The number of rotatable bonds is 1. The van der Waals surface area contributed by atoms with Crippen LogP contribution in [0.3, 0.4) is 0 Å². The number of aromatic hydroxyl groups is 2. The van der Waals surface area contributed by atoms with Crippen molar-refractivity contribution in [3.05, 3.63) is 22.2 Å². The number of hydrogen-bond donors (Lipinski definition) is 3. The number of halogens is 1. The van der Waals surface area contributed by atoms with Crippen molar-refractivity contribution in [2.24, 2.45) is 0 Å². The van der Waals surface area contributed by atoms with E-state index in [2.05, 4.69) is 15.9 Å². The minimum Gasteiger partial charge on any atom is -0.507 e. The third-order valence-electron chi connectivity index (χ3n) is 1.28. The highest BCUT2D eigenvalue weighted by Crippen LogP contribution is 2.33. The van der Waals surface area contributed by atoms with Gasteiger partial charge in [0.05, 0.1) is 5.56 Å². The second-order valence-corrected chi connectivity index (χ2v) is 2.93. The zero-order valence-corrected chi connectivity index (χ0v) is 7.87. The standard InChI is InChI=1S/C7H5BrO4.H2O/c8-6-4(9)1-3(7(11)12)2-5(6)10;/h1-2,9-10H,(H,11,12);1H2. The van der Waals surface area contributed by atoms with Crippen LogP contribution in [0.15, 0.2) is 16.6 Å². The van der Waals surface area contributed by atoms with Gasteiger partial charge in [-0.1, -0.05) is 0 Å². The van der Waals surface area contributed by atoms with E-state index < -0.39 is 5.97 Å². The Morgan fingerprint density at radius 2 is 1.62 bits per heavy atom. The molecule has 0 saturated heterocycles. The Kier molecular flexibility index (Phi) is 3.70. The maximum atomic E-state index is 10.4. The van der Waals surface area contributed by atoms with E-state index in [1.165, 1.54) is 0 Å². The number of hydrogen-bond acceptors (Lipinski definition) is 3. The second-order valence-electron chi connectivity index (χ2n) is 2.13. The van der Waals surface area contributed by atoms with Crippen LogP contribution in [0.4, 0.5) is 0 Å². The van der Waals surface area contributed by atoms with Crippen molar-refractivity contribution in [1.29, 1.82) is 0 Å². The maximum Gasteiger partial charge on any atom is 0.335 e. The normalized spacial score (nSPS) is 9.00. The largest absolute Gasteiger partial charge is 0.507 e. The Hall–Kier alpha value is -1.27. The summed E-state index contributed by atoms with van der Waals surface area (Å²) in [5.41, 5.74) is -0.159. The summed E-state index contributed by atoms with van der Waals surface area (Å²) in [6.07, 6.45) is 0. The lowest BCUT2D eigenvalue weighted by molar-refractivity contribution is 0.0696. The van der Waals surface area contributed by atoms with Crippen molar-refractivity contribution in [3.8, 4) is 11.5 Å². The Balaban J connectivity index is 0.00000144. The van der Waals surface area contributed by atoms with Crippen molar-refractivity contribution in [2.75, 3.05) is 0 Å². The summed E-state index contributed by atoms with van der Waals surface area (Å²) >= 11 is 2.87. The van der Waals surface area contributed by atoms with Crippen LogP contribution in [0.2, 0.25) is 0 Å². The van der Waals surface area contributed by atoms with Gasteiger partial charge in [-0.3, -0.25) is 0 Å². The van der Waals surface area contributed by atoms with Crippen molar-refractivity contribution >= 4 is 21.9 Å². The van der Waals surface area contributed by atoms with E-state index >= 15 is 0 Å². The summed E-state index contributed by atoms with van der Waals surface area (Å²) in [4.78, 5) is 10.4. The van der Waals surface area contributed by atoms with E-state index in [1.807, 2.05) is 0 Å². The Morgan fingerprint density at radius 3 is 1.92 bits per heavy atom. The number of benzene rings is 1. The van der Waals surface area contributed by atoms with Crippen molar-refractivity contribution in [1.82, 2.24) is 0 Å². The van der Waals surface area contributed by atoms with Gasteiger partial charge in [0.15, 0.2) is 0 Å². The van der Waals surface area contributed by atoms with Crippen LogP contribution in [0, 0.1) is 0 Å². The molecule has 72 valence electrons. The summed E-state index contributed by atoms with van der Waals surface area (Å²) in [7, 11) is 0. The third kappa shape index (κ3) is 2.33. The SMILES string of the molecule is O.O=C(O)c1cc(O)c(Br)c(O)c1. The minimum atomic E-state index is -1.20. The lowest BCUT2D eigenvalue weighted by Gasteiger charge is -2.01. The summed E-state index contributed by atoms with van der Waals surface area (Å²) in [5.74, 6) is -1.80. The van der Waals surface area contributed by atoms with E-state index in [1.54, 1.807) is 0 Å². The summed E-state index contributed by atoms with van der Waals surface area (Å²) < 4.78 is 0.0903. The van der Waals surface area contributed by atoms with Crippen molar-refractivity contribution in [2.45, 2.75) is 0 Å². The molecule has 5 N–H and O–H groups in total. The number of phenols is 2. The van der Waals surface area contributed by atoms with E-state index in [9.17, 15) is 4.79 Å². The predicted molar refractivity (Wildman–Crippen MR) is 48.0 cm³/mol. The molecule has 0 radical (unpaired) electrons. The molecule has 5 nitrogen and oxygen atoms in total. The molecule has 0 unspecified atom stereocenters. The number of carbonyl (C=O) groups is 1. The molecule has 1 aromatic rings. The average Bonchev–Trinajstić information content (AvgIpc) is 1.99. The average molecular weight is 251 g/mol. The lowest BCUT2D eigenvalue weighted by atomic mass is 10.2. The van der Waals surface area contributed by atoms with Crippen LogP contribution >= 0.6 is 15.9 Å². The molecular weight excluding hydrogens is 244 g/mol. The molecule has 0 heterocycles. The van der Waals surface area contributed by atoms with Gasteiger partial charge in [-0.2, -0.15) is 0 Å². The number of aromatic carboxylic acids is 1. The van der Waals surface area contributed by atoms with Gasteiger partial charge >= 0.3 is 5.97 Å². The first-order valence-corrected chi connectivity index (χ1v) is 3.76. The van der Waals surface area contributed by atoms with Gasteiger partial charge in [0.25, 0.3) is 0 Å². The Bertz CT molecular complexity index is 313. The topological polar surface area (TPSA) is 109 Å². The molecule has 0 atom stereocenters. The fraction of sp³-hybridized carbons (Fsp3) is 0. The molecule has 0 fully saturated rings. The van der Waals surface area contributed by atoms with E-state index in [0.717, 1.165) is 12.1 Å². The monoisotopic (exact) mass is 250 g/mol. The molecule has 0 spiro atoms. The van der Waals surface area contributed by atoms with E-state index in [0.29, 0.717) is 0 Å². The quantitative estimate of drug-likeness (QED) is 0.683. The van der Waals surface area contributed by atoms with Crippen molar-refractivity contribution in [3.63, 3.8) is 0 Å². The van der Waals surface area contributed by atoms with Crippen molar-refractivity contribution < 1.29 is 25.6 Å². The lowest BCUT2D eigenvalue weighted by Crippen LogP contribution is -1.95. The summed E-state index contributed by atoms with van der Waals surface area (Å²) in [6, 6.07) is 2.10. The highest BCUT2D eigenvalue weighted by molar-refractivity contribution is 9.10. The zero-order valence-electron chi connectivity index (χ0n) is 6.28. The molecule has 0 aliphatic heterocycles. The summed E-state index contributed by atoms with van der Waals surface area (Å²) in [5, 5.41) is 26.6. The molecule has 0 bridgehead atoms. The van der Waals surface area contributed by atoms with Gasteiger partial charge in [0.1, 0.15) is 16.0 Å². The van der Waals surface area contributed by atoms with E-state index in [-0.39, 0.29) is 27.0 Å². The molecule has 0 amide bonds. The fourth-order valence-electron chi connectivity index (χ4n) is 0.718. The molecule has 1 aromatic carbocycles. The molecule has 0 aliphatic rings. The zero-order chi connectivity index (χ0) is 9.30. The number of phenolic OH excluding ortho intramolecular Hbond substituents is 2. The van der Waals surface area contributed by atoms with Crippen LogP contribution in [0.1, 0.15) is 10.4 Å². The number of carboxylic acid groups (broad SMARTS) is 1. The first-order valence-electron chi connectivity index (χ1n) is 2.97. The molecule has 6 heteroatoms. The first-order chi connectivity index (χ1) is 5.52. The molecule has 0 aromatic heterocycles. The maximum absolute atomic E-state index is 10.4. The molecule has 13 heavy (non-hydrogen) atoms. The predicted octanol–water partition coefficient (Wildman–Crippen LogP) is 0.734. The highest BCUT2D eigenvalue weighted by atomic mass is 79.9. The van der Waals surface area contributed by atoms with Crippen LogP contribution < -0.4 is 0 Å². The van der Waals surface area contributed by atoms with Crippen LogP contribution in [-0.2, 0) is 0 Å². The fourth-order valence-corrected chi connectivity index (χ4v) is 0.947. The van der Waals surface area contributed by atoms with Gasteiger partial charge in [0.2, 0.25) is 0 Å². The van der Waals surface area contributed by atoms with Gasteiger partial charge < -0.3 is 20.8 Å². The van der Waals surface area contributed by atoms with Gasteiger partial charge in [-0.05, 0) is 28.1 Å². The molecule has 0 saturated carbocycles. The first kappa shape index (κ1) is 11.7. The molecule has 1 rings (SSSR count). The molecular formula is C7H7BrO5. The Morgan fingerprint density at radius 1 is 1.23 bits per heavy atom. The van der Waals surface area contributed by atoms with Crippen LogP contribution in [0.25, 0.3) is 0 Å². The highest BCUT2D eigenvalue weighted by Gasteiger charge is 2.10. The van der Waals surface area contributed by atoms with E-state index in [4.69, 9.17) is 15.3 Å². The van der Waals surface area contributed by atoms with Gasteiger partial charge in [-0.15, -0.1) is 0 Å². The summed E-state index contributed by atoms with van der Waals surface area (Å²) in [6.45, 7) is 0. The smallest absolute Gasteiger partial charge is 0.335 e. The van der Waals surface area contributed by atoms with Crippen LogP contribution in [0.5, 0.6) is 11.5 Å². The van der Waals surface area contributed by atoms with Crippen LogP contribution in [-0.4, -0.2) is 26.8 Å². The third-order valence-corrected chi connectivity index (χ3v) is 2.09. The Labute approximate surface area is 81.7 Å². The minimum absolute atomic E-state index is 0. The second kappa shape index (κ2) is 4.11. The molecule has 0 aliphatic carbocycles. The van der Waals surface area contributed by atoms with Gasteiger partial charge in [-0.25, -0.2) is 4.79 Å². The number of carboxylic acids is 1. The van der Waals surface area contributed by atoms with Gasteiger partial charge in [0, 0.05) is 0 Å².